The van der Waals surface area contributed by atoms with Crippen molar-refractivity contribution in [2.24, 2.45) is 0 Å². The van der Waals surface area contributed by atoms with Crippen molar-refractivity contribution < 1.29 is 23.8 Å². The zero-order chi connectivity index (χ0) is 30.6. The van der Waals surface area contributed by atoms with Crippen LogP contribution in [0.3, 0.4) is 0 Å². The molecule has 2 aliphatic heterocycles. The molecule has 0 spiro atoms. The largest absolute Gasteiger partial charge is 0.493 e. The molecule has 2 amide bonds. The number of ether oxygens (including phenoxy) is 3. The zero-order valence-corrected chi connectivity index (χ0v) is 25.9. The summed E-state index contributed by atoms with van der Waals surface area (Å²) in [6, 6.07) is 23.8. The molecule has 9 nitrogen and oxygen atoms in total. The molecule has 0 radical (unpaired) electrons. The van der Waals surface area contributed by atoms with Gasteiger partial charge in [-0.2, -0.15) is 5.10 Å². The quantitative estimate of drug-likeness (QED) is 0.273. The number of carbonyl (C=O) groups is 2. The first kappa shape index (κ1) is 29.8. The summed E-state index contributed by atoms with van der Waals surface area (Å²) in [5.41, 5.74) is 5.31. The maximum absolute atomic E-state index is 14.0. The molecular weight excluding hydrogens is 576 g/mol. The highest BCUT2D eigenvalue weighted by molar-refractivity contribution is 8.00. The summed E-state index contributed by atoms with van der Waals surface area (Å²) in [5.74, 6) is 1.56. The highest BCUT2D eigenvalue weighted by Gasteiger charge is 2.38. The standard InChI is InChI=1S/C34H36N4O5S/c1-22-9-7-12-25(17-22)38-34-31(32(36-38)23-10-5-4-6-11-23)33(24-14-15-27(41-2)28(18-24)42-3)44-21-30(40)37(34)20-29(39)35-19-26-13-8-16-43-26/h4-7,9-12,14-15,17-18,26,33H,8,13,16,19-21H2,1-3H3,(H,35,39). The maximum Gasteiger partial charge on any atom is 0.240 e. The van der Waals surface area contributed by atoms with Gasteiger partial charge in [-0.25, -0.2) is 4.68 Å². The second-order valence-corrected chi connectivity index (χ2v) is 12.0. The van der Waals surface area contributed by atoms with E-state index >= 15 is 0 Å². The summed E-state index contributed by atoms with van der Waals surface area (Å²) in [4.78, 5) is 29.0. The Balaban J connectivity index is 1.53. The number of nitrogens with zero attached hydrogens (tertiary/aromatic N) is 3. The number of methoxy groups -OCH3 is 2. The van der Waals surface area contributed by atoms with E-state index in [-0.39, 0.29) is 35.5 Å². The third-order valence-corrected chi connectivity index (χ3v) is 9.20. The molecule has 44 heavy (non-hydrogen) atoms. The van der Waals surface area contributed by atoms with Crippen LogP contribution in [-0.2, 0) is 14.3 Å². The number of benzene rings is 3. The third kappa shape index (κ3) is 6.05. The molecule has 0 aliphatic carbocycles. The van der Waals surface area contributed by atoms with Gasteiger partial charge in [-0.3, -0.25) is 14.5 Å². The molecule has 0 saturated carbocycles. The van der Waals surface area contributed by atoms with Crippen LogP contribution in [0.25, 0.3) is 16.9 Å². The minimum absolute atomic E-state index is 0.00170. The lowest BCUT2D eigenvalue weighted by Crippen LogP contribution is -2.44. The molecule has 6 rings (SSSR count). The fourth-order valence-electron chi connectivity index (χ4n) is 5.78. The topological polar surface area (TPSA) is 94.9 Å². The Morgan fingerprint density at radius 2 is 1.86 bits per heavy atom. The Morgan fingerprint density at radius 3 is 2.59 bits per heavy atom. The number of amides is 2. The zero-order valence-electron chi connectivity index (χ0n) is 25.1. The second-order valence-electron chi connectivity index (χ2n) is 10.9. The van der Waals surface area contributed by atoms with E-state index in [1.165, 1.54) is 11.8 Å². The van der Waals surface area contributed by atoms with Crippen LogP contribution in [0.4, 0.5) is 5.82 Å². The van der Waals surface area contributed by atoms with Crippen molar-refractivity contribution in [1.29, 1.82) is 0 Å². The normalized spacial score (nSPS) is 18.1. The van der Waals surface area contributed by atoms with E-state index in [1.807, 2.05) is 84.4 Å². The molecule has 10 heteroatoms. The number of aromatic nitrogens is 2. The number of fused-ring (bicyclic) bond motifs is 1. The van der Waals surface area contributed by atoms with Gasteiger partial charge in [0.2, 0.25) is 11.8 Å². The van der Waals surface area contributed by atoms with Gasteiger partial charge in [-0.1, -0.05) is 48.5 Å². The van der Waals surface area contributed by atoms with Crippen LogP contribution in [0.15, 0.2) is 72.8 Å². The molecule has 2 atom stereocenters. The molecule has 2 unspecified atom stereocenters. The Hall–Kier alpha value is -4.28. The van der Waals surface area contributed by atoms with Crippen molar-refractivity contribution in [3.8, 4) is 28.4 Å². The average Bonchev–Trinajstić information content (AvgIpc) is 3.69. The summed E-state index contributed by atoms with van der Waals surface area (Å²) in [6.45, 7) is 3.02. The van der Waals surface area contributed by atoms with Crippen molar-refractivity contribution in [3.63, 3.8) is 0 Å². The lowest BCUT2D eigenvalue weighted by molar-refractivity contribution is -0.123. The summed E-state index contributed by atoms with van der Waals surface area (Å²) >= 11 is 1.51. The van der Waals surface area contributed by atoms with Crippen molar-refractivity contribution in [1.82, 2.24) is 15.1 Å². The number of anilines is 1. The summed E-state index contributed by atoms with van der Waals surface area (Å²) < 4.78 is 18.7. The van der Waals surface area contributed by atoms with Crippen LogP contribution < -0.4 is 19.7 Å². The van der Waals surface area contributed by atoms with Crippen LogP contribution in [0.1, 0.15) is 34.8 Å². The van der Waals surface area contributed by atoms with Crippen molar-refractivity contribution in [3.05, 3.63) is 89.5 Å². The molecule has 0 bridgehead atoms. The molecule has 2 aliphatic rings. The predicted molar refractivity (Wildman–Crippen MR) is 172 cm³/mol. The maximum atomic E-state index is 14.0. The summed E-state index contributed by atoms with van der Waals surface area (Å²) in [5, 5.41) is 7.88. The molecule has 3 heterocycles. The molecule has 3 aromatic carbocycles. The summed E-state index contributed by atoms with van der Waals surface area (Å²) in [7, 11) is 3.22. The van der Waals surface area contributed by atoms with Gasteiger partial charge in [0.15, 0.2) is 11.5 Å². The Bertz CT molecular complexity index is 1650. The summed E-state index contributed by atoms with van der Waals surface area (Å²) in [6.07, 6.45) is 1.90. The van der Waals surface area contributed by atoms with Gasteiger partial charge in [0, 0.05) is 24.3 Å². The van der Waals surface area contributed by atoms with Gasteiger partial charge in [0.1, 0.15) is 12.4 Å². The van der Waals surface area contributed by atoms with Crippen LogP contribution in [0.2, 0.25) is 0 Å². The first-order valence-corrected chi connectivity index (χ1v) is 15.8. The fourth-order valence-corrected chi connectivity index (χ4v) is 6.97. The highest BCUT2D eigenvalue weighted by atomic mass is 32.2. The molecule has 4 aromatic rings. The molecular formula is C34H36N4O5S. The molecule has 1 N–H and O–H groups in total. The van der Waals surface area contributed by atoms with E-state index in [0.717, 1.165) is 46.5 Å². The van der Waals surface area contributed by atoms with Crippen molar-refractivity contribution in [2.45, 2.75) is 31.1 Å². The van der Waals surface area contributed by atoms with Crippen LogP contribution in [-0.4, -0.2) is 67.4 Å². The van der Waals surface area contributed by atoms with E-state index in [9.17, 15) is 9.59 Å². The van der Waals surface area contributed by atoms with E-state index in [2.05, 4.69) is 5.32 Å². The van der Waals surface area contributed by atoms with Crippen LogP contribution in [0, 0.1) is 6.92 Å². The Labute approximate surface area is 261 Å². The average molecular weight is 613 g/mol. The van der Waals surface area contributed by atoms with Gasteiger partial charge < -0.3 is 19.5 Å². The first-order chi connectivity index (χ1) is 21.5. The number of hydrogen-bond acceptors (Lipinski definition) is 7. The minimum atomic E-state index is -0.289. The highest BCUT2D eigenvalue weighted by Crippen LogP contribution is 2.49. The lowest BCUT2D eigenvalue weighted by Gasteiger charge is -2.24. The molecule has 228 valence electrons. The van der Waals surface area contributed by atoms with Gasteiger partial charge >= 0.3 is 0 Å². The Morgan fingerprint density at radius 1 is 1.05 bits per heavy atom. The van der Waals surface area contributed by atoms with Crippen molar-refractivity contribution >= 4 is 29.4 Å². The number of hydrogen-bond donors (Lipinski definition) is 1. The molecule has 1 fully saturated rings. The number of rotatable bonds is 9. The third-order valence-electron chi connectivity index (χ3n) is 7.95. The molecule has 1 saturated heterocycles. The lowest BCUT2D eigenvalue weighted by atomic mass is 9.99. The number of carbonyl (C=O) groups excluding carboxylic acids is 2. The van der Waals surface area contributed by atoms with Gasteiger partial charge in [-0.05, 0) is 55.2 Å². The SMILES string of the molecule is COc1ccc(C2SCC(=O)N(CC(=O)NCC3CCCO3)c3c2c(-c2ccccc2)nn3-c2cccc(C)c2)cc1OC. The number of aryl methyl sites for hydroxylation is 1. The predicted octanol–water partition coefficient (Wildman–Crippen LogP) is 5.33. The Kier molecular flexibility index (Phi) is 8.90. The monoisotopic (exact) mass is 612 g/mol. The smallest absolute Gasteiger partial charge is 0.240 e. The van der Waals surface area contributed by atoms with E-state index in [0.29, 0.717) is 30.5 Å². The van der Waals surface area contributed by atoms with Gasteiger partial charge in [0.25, 0.3) is 0 Å². The first-order valence-electron chi connectivity index (χ1n) is 14.7. The number of nitrogens with one attached hydrogen (secondary N) is 1. The van der Waals surface area contributed by atoms with E-state index < -0.39 is 0 Å². The van der Waals surface area contributed by atoms with Gasteiger partial charge in [0.05, 0.1) is 42.7 Å². The van der Waals surface area contributed by atoms with E-state index in [1.54, 1.807) is 19.1 Å². The van der Waals surface area contributed by atoms with E-state index in [4.69, 9.17) is 19.3 Å². The molecule has 1 aromatic heterocycles. The van der Waals surface area contributed by atoms with Crippen LogP contribution in [0.5, 0.6) is 11.5 Å². The fraction of sp³-hybridized carbons (Fsp3) is 0.324. The number of thioether (sulfide) groups is 1. The second kappa shape index (κ2) is 13.2. The van der Waals surface area contributed by atoms with Crippen LogP contribution >= 0.6 is 11.8 Å². The minimum Gasteiger partial charge on any atom is -0.493 e. The van der Waals surface area contributed by atoms with Gasteiger partial charge in [-0.15, -0.1) is 11.8 Å². The van der Waals surface area contributed by atoms with Crippen molar-refractivity contribution in [2.75, 3.05) is 44.6 Å².